The van der Waals surface area contributed by atoms with E-state index in [0.717, 1.165) is 6.42 Å². The van der Waals surface area contributed by atoms with Gasteiger partial charge in [0, 0.05) is 12.0 Å². The molecule has 2 aromatic carbocycles. The number of ether oxygens (including phenoxy) is 1. The van der Waals surface area contributed by atoms with Gasteiger partial charge in [0.2, 0.25) is 0 Å². The number of hydrogen-bond donors (Lipinski definition) is 1. The Balaban J connectivity index is 2.24. The van der Waals surface area contributed by atoms with Gasteiger partial charge in [0.05, 0.1) is 6.61 Å². The van der Waals surface area contributed by atoms with Crippen LogP contribution in [-0.4, -0.2) is 19.8 Å². The average Bonchev–Trinajstić information content (AvgIpc) is 2.53. The lowest BCUT2D eigenvalue weighted by Gasteiger charge is -2.31. The number of benzene rings is 2. The van der Waals surface area contributed by atoms with Gasteiger partial charge in [-0.2, -0.15) is 0 Å². The Labute approximate surface area is 121 Å². The van der Waals surface area contributed by atoms with Crippen molar-refractivity contribution in [2.75, 3.05) is 19.8 Å². The smallest absolute Gasteiger partial charge is 0.0600 e. The molecule has 2 aromatic rings. The number of nitrogens with two attached hydrogens (primary N) is 1. The Kier molecular flexibility index (Phi) is 5.33. The third-order valence-corrected chi connectivity index (χ3v) is 3.71. The Morgan fingerprint density at radius 2 is 1.40 bits per heavy atom. The molecule has 0 saturated carbocycles. The molecule has 2 rings (SSSR count). The lowest BCUT2D eigenvalue weighted by Crippen LogP contribution is -2.30. The third-order valence-electron chi connectivity index (χ3n) is 3.71. The average molecular weight is 269 g/mol. The van der Waals surface area contributed by atoms with E-state index in [0.29, 0.717) is 19.8 Å². The van der Waals surface area contributed by atoms with Gasteiger partial charge in [0.1, 0.15) is 0 Å². The fourth-order valence-corrected chi connectivity index (χ4v) is 2.41. The Morgan fingerprint density at radius 3 is 1.85 bits per heavy atom. The molecule has 2 heteroatoms. The van der Waals surface area contributed by atoms with Crippen molar-refractivity contribution < 1.29 is 4.74 Å². The maximum Gasteiger partial charge on any atom is 0.0600 e. The van der Waals surface area contributed by atoms with Crippen LogP contribution in [-0.2, 0) is 10.2 Å². The minimum absolute atomic E-state index is 0.128. The van der Waals surface area contributed by atoms with Crippen molar-refractivity contribution in [1.29, 1.82) is 0 Å². The summed E-state index contributed by atoms with van der Waals surface area (Å²) >= 11 is 0. The van der Waals surface area contributed by atoms with Crippen LogP contribution in [0.4, 0.5) is 0 Å². The predicted molar refractivity (Wildman–Crippen MR) is 83.8 cm³/mol. The van der Waals surface area contributed by atoms with Gasteiger partial charge in [-0.1, -0.05) is 60.7 Å². The van der Waals surface area contributed by atoms with Crippen molar-refractivity contribution >= 4 is 0 Å². The summed E-state index contributed by atoms with van der Waals surface area (Å²) in [5.41, 5.74) is 7.95. The van der Waals surface area contributed by atoms with E-state index in [9.17, 15) is 0 Å². The molecule has 2 nitrogen and oxygen atoms in total. The second-order valence-corrected chi connectivity index (χ2v) is 5.26. The molecule has 2 N–H and O–H groups in total. The molecule has 0 aliphatic carbocycles. The summed E-state index contributed by atoms with van der Waals surface area (Å²) in [4.78, 5) is 0. The first-order chi connectivity index (χ1) is 9.77. The molecule has 0 fully saturated rings. The van der Waals surface area contributed by atoms with Crippen molar-refractivity contribution in [1.82, 2.24) is 0 Å². The van der Waals surface area contributed by atoms with E-state index in [-0.39, 0.29) is 5.41 Å². The number of hydrogen-bond acceptors (Lipinski definition) is 2. The SMILES string of the molecule is CC(COCCCN)(c1ccccc1)c1ccccc1. The van der Waals surface area contributed by atoms with Gasteiger partial charge >= 0.3 is 0 Å². The predicted octanol–water partition coefficient (Wildman–Crippen LogP) is 3.36. The molecule has 20 heavy (non-hydrogen) atoms. The van der Waals surface area contributed by atoms with Gasteiger partial charge < -0.3 is 10.5 Å². The first kappa shape index (κ1) is 14.8. The molecule has 0 aliphatic rings. The van der Waals surface area contributed by atoms with Crippen LogP contribution >= 0.6 is 0 Å². The van der Waals surface area contributed by atoms with Crippen LogP contribution in [0.5, 0.6) is 0 Å². The third kappa shape index (κ3) is 3.47. The Morgan fingerprint density at radius 1 is 0.900 bits per heavy atom. The molecule has 0 radical (unpaired) electrons. The summed E-state index contributed by atoms with van der Waals surface area (Å²) in [6.45, 7) is 4.29. The second kappa shape index (κ2) is 7.22. The lowest BCUT2D eigenvalue weighted by atomic mass is 9.77. The summed E-state index contributed by atoms with van der Waals surface area (Å²) in [6.07, 6.45) is 0.902. The highest BCUT2D eigenvalue weighted by Crippen LogP contribution is 2.32. The summed E-state index contributed by atoms with van der Waals surface area (Å²) < 4.78 is 5.87. The standard InChI is InChI=1S/C18H23NO/c1-18(15-20-14-8-13-19,16-9-4-2-5-10-16)17-11-6-3-7-12-17/h2-7,9-12H,8,13-15,19H2,1H3. The van der Waals surface area contributed by atoms with Gasteiger partial charge in [-0.15, -0.1) is 0 Å². The Hall–Kier alpha value is -1.64. The number of rotatable bonds is 7. The van der Waals surface area contributed by atoms with Crippen LogP contribution < -0.4 is 5.73 Å². The maximum atomic E-state index is 5.87. The van der Waals surface area contributed by atoms with Gasteiger partial charge in [-0.05, 0) is 31.0 Å². The van der Waals surface area contributed by atoms with Gasteiger partial charge in [0.25, 0.3) is 0 Å². The van der Waals surface area contributed by atoms with E-state index < -0.39 is 0 Å². The van der Waals surface area contributed by atoms with E-state index in [1.807, 2.05) is 12.1 Å². The zero-order chi connectivity index (χ0) is 14.3. The first-order valence-electron chi connectivity index (χ1n) is 7.16. The van der Waals surface area contributed by atoms with E-state index >= 15 is 0 Å². The van der Waals surface area contributed by atoms with Crippen molar-refractivity contribution in [2.24, 2.45) is 5.73 Å². The summed E-state index contributed by atoms with van der Waals surface area (Å²) in [5.74, 6) is 0. The first-order valence-corrected chi connectivity index (χ1v) is 7.16. The van der Waals surface area contributed by atoms with E-state index in [1.54, 1.807) is 0 Å². The van der Waals surface area contributed by atoms with Crippen LogP contribution in [0, 0.1) is 0 Å². The molecule has 0 atom stereocenters. The molecule has 106 valence electrons. The summed E-state index contributed by atoms with van der Waals surface area (Å²) in [5, 5.41) is 0. The Bertz CT molecular complexity index is 456. The van der Waals surface area contributed by atoms with Crippen LogP contribution in [0.2, 0.25) is 0 Å². The van der Waals surface area contributed by atoms with Crippen molar-refractivity contribution in [3.8, 4) is 0 Å². The van der Waals surface area contributed by atoms with Crippen molar-refractivity contribution in [2.45, 2.75) is 18.8 Å². The molecule has 0 spiro atoms. The van der Waals surface area contributed by atoms with Crippen LogP contribution in [0.25, 0.3) is 0 Å². The van der Waals surface area contributed by atoms with Gasteiger partial charge in [-0.25, -0.2) is 0 Å². The minimum Gasteiger partial charge on any atom is -0.380 e. The zero-order valence-electron chi connectivity index (χ0n) is 12.1. The molecule has 0 saturated heterocycles. The molecule has 0 unspecified atom stereocenters. The molecule has 0 aromatic heterocycles. The molecule has 0 amide bonds. The largest absolute Gasteiger partial charge is 0.380 e. The maximum absolute atomic E-state index is 5.87. The second-order valence-electron chi connectivity index (χ2n) is 5.26. The topological polar surface area (TPSA) is 35.2 Å². The highest BCUT2D eigenvalue weighted by atomic mass is 16.5. The summed E-state index contributed by atoms with van der Waals surface area (Å²) in [6, 6.07) is 21.1. The van der Waals surface area contributed by atoms with Crippen molar-refractivity contribution in [3.05, 3.63) is 71.8 Å². The van der Waals surface area contributed by atoms with E-state index in [1.165, 1.54) is 11.1 Å². The molecule has 0 bridgehead atoms. The van der Waals surface area contributed by atoms with E-state index in [4.69, 9.17) is 10.5 Å². The normalized spacial score (nSPS) is 11.5. The lowest BCUT2D eigenvalue weighted by molar-refractivity contribution is 0.101. The van der Waals surface area contributed by atoms with Crippen LogP contribution in [0.15, 0.2) is 60.7 Å². The quantitative estimate of drug-likeness (QED) is 0.782. The fourth-order valence-electron chi connectivity index (χ4n) is 2.41. The highest BCUT2D eigenvalue weighted by molar-refractivity contribution is 5.38. The van der Waals surface area contributed by atoms with Crippen LogP contribution in [0.3, 0.4) is 0 Å². The highest BCUT2D eigenvalue weighted by Gasteiger charge is 2.28. The van der Waals surface area contributed by atoms with E-state index in [2.05, 4.69) is 55.5 Å². The fraction of sp³-hybridized carbons (Fsp3) is 0.333. The minimum atomic E-state index is -0.128. The molecular formula is C18H23NO. The molecule has 0 aliphatic heterocycles. The summed E-state index contributed by atoms with van der Waals surface area (Å²) in [7, 11) is 0. The monoisotopic (exact) mass is 269 g/mol. The van der Waals surface area contributed by atoms with Crippen molar-refractivity contribution in [3.63, 3.8) is 0 Å². The molecular weight excluding hydrogens is 246 g/mol. The molecule has 0 heterocycles. The van der Waals surface area contributed by atoms with Gasteiger partial charge in [-0.3, -0.25) is 0 Å². The van der Waals surface area contributed by atoms with Gasteiger partial charge in [0.15, 0.2) is 0 Å². The van der Waals surface area contributed by atoms with Crippen LogP contribution in [0.1, 0.15) is 24.5 Å². The zero-order valence-corrected chi connectivity index (χ0v) is 12.1.